The first-order chi connectivity index (χ1) is 14.0. The van der Waals surface area contributed by atoms with Crippen molar-refractivity contribution >= 4 is 29.9 Å². The molecule has 0 aliphatic heterocycles. The fraction of sp³-hybridized carbons (Fsp3) is 0.304. The first-order valence-corrected chi connectivity index (χ1v) is 9.75. The normalized spacial score (nSPS) is 12.2. The molecule has 0 saturated heterocycles. The van der Waals surface area contributed by atoms with Crippen molar-refractivity contribution in [2.75, 3.05) is 7.05 Å². The molecule has 1 atom stereocenters. The highest BCUT2D eigenvalue weighted by Crippen LogP contribution is 2.16. The third-order valence-corrected chi connectivity index (χ3v) is 5.00. The summed E-state index contributed by atoms with van der Waals surface area (Å²) in [7, 11) is 1.73. The lowest BCUT2D eigenvalue weighted by Gasteiger charge is -2.19. The van der Waals surface area contributed by atoms with E-state index >= 15 is 0 Å². The second kappa shape index (κ2) is 11.1. The highest BCUT2D eigenvalue weighted by Gasteiger charge is 2.10. The van der Waals surface area contributed by atoms with Gasteiger partial charge in [-0.15, -0.1) is 24.0 Å². The molecule has 1 aromatic heterocycles. The zero-order valence-corrected chi connectivity index (χ0v) is 20.1. The predicted octanol–water partition coefficient (Wildman–Crippen LogP) is 4.73. The Hall–Kier alpha value is -2.42. The molecule has 2 aromatic carbocycles. The summed E-state index contributed by atoms with van der Waals surface area (Å²) in [6.07, 6.45) is 3.80. The standard InChI is InChI=1S/C23H28FN5.HI/c1-16-8-9-21(13-22(16)24)17(2)28-23(25-4)27-14-19-6-5-7-20(12-19)15-29-11-10-26-18(29)3;/h5-13,17H,14-15H2,1-4H3,(H2,25,27,28);1H. The van der Waals surface area contributed by atoms with E-state index < -0.39 is 0 Å². The first kappa shape index (κ1) is 23.9. The topological polar surface area (TPSA) is 54.2 Å². The van der Waals surface area contributed by atoms with Crippen LogP contribution in [-0.2, 0) is 13.1 Å². The van der Waals surface area contributed by atoms with Crippen LogP contribution in [0.1, 0.15) is 41.0 Å². The average Bonchev–Trinajstić information content (AvgIpc) is 3.11. The molecule has 0 bridgehead atoms. The van der Waals surface area contributed by atoms with Crippen molar-refractivity contribution < 1.29 is 4.39 Å². The van der Waals surface area contributed by atoms with E-state index in [-0.39, 0.29) is 35.8 Å². The molecule has 3 rings (SSSR count). The van der Waals surface area contributed by atoms with E-state index in [1.807, 2.05) is 32.3 Å². The number of guanidine groups is 1. The lowest BCUT2D eigenvalue weighted by Crippen LogP contribution is -2.38. The van der Waals surface area contributed by atoms with Crippen molar-refractivity contribution in [1.29, 1.82) is 0 Å². The highest BCUT2D eigenvalue weighted by molar-refractivity contribution is 14.0. The monoisotopic (exact) mass is 521 g/mol. The minimum absolute atomic E-state index is 0. The summed E-state index contributed by atoms with van der Waals surface area (Å²) in [5, 5.41) is 6.65. The Morgan fingerprint density at radius 2 is 1.93 bits per heavy atom. The fourth-order valence-electron chi connectivity index (χ4n) is 3.15. The number of hydrogen-bond donors (Lipinski definition) is 2. The van der Waals surface area contributed by atoms with Gasteiger partial charge in [-0.1, -0.05) is 36.4 Å². The summed E-state index contributed by atoms with van der Waals surface area (Å²) >= 11 is 0. The molecule has 7 heteroatoms. The Kier molecular flexibility index (Phi) is 8.83. The molecule has 5 nitrogen and oxygen atoms in total. The van der Waals surface area contributed by atoms with Crippen molar-refractivity contribution in [1.82, 2.24) is 20.2 Å². The number of nitrogens with one attached hydrogen (secondary N) is 2. The summed E-state index contributed by atoms with van der Waals surface area (Å²) in [6, 6.07) is 13.7. The van der Waals surface area contributed by atoms with E-state index in [0.29, 0.717) is 18.1 Å². The Balaban J connectivity index is 0.00000320. The van der Waals surface area contributed by atoms with Crippen molar-refractivity contribution in [3.63, 3.8) is 0 Å². The van der Waals surface area contributed by atoms with Crippen LogP contribution in [0.15, 0.2) is 59.9 Å². The summed E-state index contributed by atoms with van der Waals surface area (Å²) in [6.45, 7) is 7.20. The molecule has 2 N–H and O–H groups in total. The lowest BCUT2D eigenvalue weighted by molar-refractivity contribution is 0.607. The van der Waals surface area contributed by atoms with Gasteiger partial charge in [-0.25, -0.2) is 9.37 Å². The molecule has 3 aromatic rings. The van der Waals surface area contributed by atoms with Crippen molar-refractivity contribution in [2.24, 2.45) is 4.99 Å². The van der Waals surface area contributed by atoms with Crippen molar-refractivity contribution in [2.45, 2.75) is 39.9 Å². The van der Waals surface area contributed by atoms with E-state index in [2.05, 4.69) is 49.4 Å². The largest absolute Gasteiger partial charge is 0.352 e. The SMILES string of the molecule is CN=C(NCc1cccc(Cn2ccnc2C)c1)NC(C)c1ccc(C)c(F)c1.I. The van der Waals surface area contributed by atoms with Crippen LogP contribution in [0.4, 0.5) is 4.39 Å². The van der Waals surface area contributed by atoms with Crippen LogP contribution in [-0.4, -0.2) is 22.6 Å². The molecule has 1 heterocycles. The Labute approximate surface area is 194 Å². The van der Waals surface area contributed by atoms with Crippen LogP contribution in [0.3, 0.4) is 0 Å². The third kappa shape index (κ3) is 6.29. The van der Waals surface area contributed by atoms with Gasteiger partial charge in [0.1, 0.15) is 11.6 Å². The molecule has 0 spiro atoms. The average molecular weight is 521 g/mol. The number of hydrogen-bond acceptors (Lipinski definition) is 2. The number of imidazole rings is 1. The van der Waals surface area contributed by atoms with E-state index in [1.165, 1.54) is 5.56 Å². The van der Waals surface area contributed by atoms with E-state index in [0.717, 1.165) is 23.5 Å². The van der Waals surface area contributed by atoms with Gasteiger partial charge in [0.2, 0.25) is 0 Å². The van der Waals surface area contributed by atoms with Crippen LogP contribution in [0.5, 0.6) is 0 Å². The summed E-state index contributed by atoms with van der Waals surface area (Å²) in [5.74, 6) is 1.48. The second-order valence-corrected chi connectivity index (χ2v) is 7.22. The van der Waals surface area contributed by atoms with Gasteiger partial charge in [0.25, 0.3) is 0 Å². The van der Waals surface area contributed by atoms with E-state index in [9.17, 15) is 4.39 Å². The van der Waals surface area contributed by atoms with Crippen LogP contribution in [0.2, 0.25) is 0 Å². The number of benzene rings is 2. The second-order valence-electron chi connectivity index (χ2n) is 7.22. The maximum Gasteiger partial charge on any atom is 0.191 e. The number of halogens is 2. The van der Waals surface area contributed by atoms with Gasteiger partial charge in [-0.05, 0) is 49.1 Å². The Morgan fingerprint density at radius 1 is 1.17 bits per heavy atom. The number of aliphatic imine (C=N–C) groups is 1. The van der Waals surface area contributed by atoms with Gasteiger partial charge in [-0.3, -0.25) is 4.99 Å². The van der Waals surface area contributed by atoms with Gasteiger partial charge in [0.05, 0.1) is 6.04 Å². The zero-order chi connectivity index (χ0) is 20.8. The van der Waals surface area contributed by atoms with Gasteiger partial charge in [0, 0.05) is 32.5 Å². The van der Waals surface area contributed by atoms with Gasteiger partial charge < -0.3 is 15.2 Å². The summed E-state index contributed by atoms with van der Waals surface area (Å²) in [4.78, 5) is 8.56. The smallest absolute Gasteiger partial charge is 0.191 e. The van der Waals surface area contributed by atoms with Gasteiger partial charge >= 0.3 is 0 Å². The minimum Gasteiger partial charge on any atom is -0.352 e. The maximum atomic E-state index is 13.8. The van der Waals surface area contributed by atoms with Crippen molar-refractivity contribution in [3.05, 3.63) is 88.8 Å². The molecule has 160 valence electrons. The zero-order valence-electron chi connectivity index (χ0n) is 17.8. The quantitative estimate of drug-likeness (QED) is 0.280. The lowest BCUT2D eigenvalue weighted by atomic mass is 10.1. The minimum atomic E-state index is -0.191. The molecule has 1 unspecified atom stereocenters. The molecule has 0 saturated carbocycles. The number of aryl methyl sites for hydroxylation is 2. The summed E-state index contributed by atoms with van der Waals surface area (Å²) in [5.41, 5.74) is 3.91. The summed E-state index contributed by atoms with van der Waals surface area (Å²) < 4.78 is 16.0. The number of aromatic nitrogens is 2. The highest BCUT2D eigenvalue weighted by atomic mass is 127. The molecule has 0 fully saturated rings. The maximum absolute atomic E-state index is 13.8. The Morgan fingerprint density at radius 3 is 2.60 bits per heavy atom. The molecule has 0 radical (unpaired) electrons. The molecule has 0 aliphatic carbocycles. The molecular formula is C23H29FIN5. The van der Waals surface area contributed by atoms with Crippen LogP contribution < -0.4 is 10.6 Å². The van der Waals surface area contributed by atoms with Gasteiger partial charge in [-0.2, -0.15) is 0 Å². The van der Waals surface area contributed by atoms with Gasteiger partial charge in [0.15, 0.2) is 5.96 Å². The molecule has 0 aliphatic rings. The van der Waals surface area contributed by atoms with E-state index in [4.69, 9.17) is 0 Å². The number of rotatable bonds is 6. The van der Waals surface area contributed by atoms with Crippen LogP contribution >= 0.6 is 24.0 Å². The van der Waals surface area contributed by atoms with Crippen LogP contribution in [0.25, 0.3) is 0 Å². The van der Waals surface area contributed by atoms with Crippen molar-refractivity contribution in [3.8, 4) is 0 Å². The van der Waals surface area contributed by atoms with E-state index in [1.54, 1.807) is 26.1 Å². The number of nitrogens with zero attached hydrogens (tertiary/aromatic N) is 3. The third-order valence-electron chi connectivity index (χ3n) is 5.00. The molecular weight excluding hydrogens is 492 g/mol. The fourth-order valence-corrected chi connectivity index (χ4v) is 3.15. The molecule has 30 heavy (non-hydrogen) atoms. The Bertz CT molecular complexity index is 999. The predicted molar refractivity (Wildman–Crippen MR) is 131 cm³/mol. The first-order valence-electron chi connectivity index (χ1n) is 9.75. The van der Waals surface area contributed by atoms with Crippen LogP contribution in [0, 0.1) is 19.7 Å². The molecule has 0 amide bonds.